The molecule has 0 fully saturated rings. The van der Waals surface area contributed by atoms with Gasteiger partial charge in [-0.3, -0.25) is 37.4 Å². The third kappa shape index (κ3) is 5.05. The van der Waals surface area contributed by atoms with Crippen LogP contribution < -0.4 is 22.5 Å². The van der Waals surface area contributed by atoms with Gasteiger partial charge in [0.15, 0.2) is 32.6 Å². The van der Waals surface area contributed by atoms with Crippen LogP contribution >= 0.6 is 23.5 Å². The standard InChI is InChI=1S/C23H28N8O6S2/c1-12(32)10-30-18(34)14-16(28(5)22(30)36)24-20(26(14)3)38-8-7-9-39-21-25-17-15(27(21)4)19(35)31(11-13(2)33)23(37)29(17)6/h7-11H2,1-6H3. The van der Waals surface area contributed by atoms with E-state index >= 15 is 0 Å². The molecule has 0 N–H and O–H groups in total. The van der Waals surface area contributed by atoms with Gasteiger partial charge in [-0.2, -0.15) is 0 Å². The quantitative estimate of drug-likeness (QED) is 0.180. The van der Waals surface area contributed by atoms with Crippen LogP contribution in [-0.4, -0.2) is 60.4 Å². The molecule has 16 heteroatoms. The van der Waals surface area contributed by atoms with Crippen molar-refractivity contribution in [2.45, 2.75) is 43.7 Å². The first kappa shape index (κ1) is 28.4. The SMILES string of the molecule is CC(=O)Cn1c(=O)c2c(nc(SCCCSc3nc4c(c(=O)n(CC(C)=O)c(=O)n4C)n3C)n2C)n(C)c1=O. The van der Waals surface area contributed by atoms with Crippen LogP contribution in [0.1, 0.15) is 20.3 Å². The van der Waals surface area contributed by atoms with E-state index in [4.69, 9.17) is 0 Å². The molecule has 39 heavy (non-hydrogen) atoms. The zero-order valence-electron chi connectivity index (χ0n) is 22.4. The van der Waals surface area contributed by atoms with E-state index in [0.29, 0.717) is 21.8 Å². The Morgan fingerprint density at radius 3 is 1.33 bits per heavy atom. The molecule has 208 valence electrons. The Hall–Kier alpha value is -3.66. The third-order valence-electron chi connectivity index (χ3n) is 6.15. The van der Waals surface area contributed by atoms with Crippen LogP contribution in [0.25, 0.3) is 22.3 Å². The minimum Gasteiger partial charge on any atom is -0.316 e. The lowest BCUT2D eigenvalue weighted by molar-refractivity contribution is -0.118. The van der Waals surface area contributed by atoms with Gasteiger partial charge in [0, 0.05) is 39.7 Å². The minimum atomic E-state index is -0.596. The lowest BCUT2D eigenvalue weighted by Gasteiger charge is -2.07. The van der Waals surface area contributed by atoms with Crippen molar-refractivity contribution in [2.24, 2.45) is 28.2 Å². The van der Waals surface area contributed by atoms with Gasteiger partial charge in [-0.15, -0.1) is 0 Å². The number of rotatable bonds is 10. The summed E-state index contributed by atoms with van der Waals surface area (Å²) in [6.07, 6.45) is 0.725. The molecule has 4 rings (SSSR count). The smallest absolute Gasteiger partial charge is 0.316 e. The molecule has 0 bridgehead atoms. The first-order chi connectivity index (χ1) is 18.3. The monoisotopic (exact) mass is 576 g/mol. The molecular weight excluding hydrogens is 548 g/mol. The summed E-state index contributed by atoms with van der Waals surface area (Å²) in [6.45, 7) is 2.04. The van der Waals surface area contributed by atoms with Crippen molar-refractivity contribution in [1.82, 2.24) is 37.4 Å². The van der Waals surface area contributed by atoms with Crippen LogP contribution in [-0.2, 0) is 50.9 Å². The zero-order valence-corrected chi connectivity index (χ0v) is 24.0. The summed E-state index contributed by atoms with van der Waals surface area (Å²) in [4.78, 5) is 83.0. The molecule has 0 saturated carbocycles. The van der Waals surface area contributed by atoms with Crippen molar-refractivity contribution in [1.29, 1.82) is 0 Å². The van der Waals surface area contributed by atoms with Gasteiger partial charge in [-0.25, -0.2) is 19.6 Å². The third-order valence-corrected chi connectivity index (χ3v) is 8.38. The Morgan fingerprint density at radius 2 is 1.00 bits per heavy atom. The molecule has 0 radical (unpaired) electrons. The van der Waals surface area contributed by atoms with Crippen molar-refractivity contribution in [3.05, 3.63) is 41.7 Å². The van der Waals surface area contributed by atoms with E-state index in [9.17, 15) is 28.8 Å². The Morgan fingerprint density at radius 1 is 0.641 bits per heavy atom. The molecule has 0 amide bonds. The van der Waals surface area contributed by atoms with Gasteiger partial charge >= 0.3 is 11.4 Å². The molecule has 0 aromatic carbocycles. The fraction of sp³-hybridized carbons (Fsp3) is 0.478. The highest BCUT2D eigenvalue weighted by Crippen LogP contribution is 2.24. The largest absolute Gasteiger partial charge is 0.332 e. The highest BCUT2D eigenvalue weighted by atomic mass is 32.2. The number of nitrogens with zero attached hydrogens (tertiary/aromatic N) is 8. The van der Waals surface area contributed by atoms with Gasteiger partial charge in [-0.05, 0) is 20.3 Å². The van der Waals surface area contributed by atoms with Crippen LogP contribution in [0.15, 0.2) is 29.5 Å². The second-order valence-electron chi connectivity index (χ2n) is 9.17. The fourth-order valence-electron chi connectivity index (χ4n) is 4.22. The maximum atomic E-state index is 12.9. The summed E-state index contributed by atoms with van der Waals surface area (Å²) in [6, 6.07) is 0. The van der Waals surface area contributed by atoms with Gasteiger partial charge in [-0.1, -0.05) is 23.5 Å². The molecule has 0 aliphatic rings. The lowest BCUT2D eigenvalue weighted by atomic mass is 10.4. The van der Waals surface area contributed by atoms with E-state index in [1.54, 1.807) is 23.2 Å². The maximum absolute atomic E-state index is 12.9. The molecule has 0 unspecified atom stereocenters. The molecule has 0 aliphatic carbocycles. The molecule has 0 atom stereocenters. The summed E-state index contributed by atoms with van der Waals surface area (Å²) >= 11 is 2.85. The second-order valence-corrected chi connectivity index (χ2v) is 11.3. The molecular formula is C23H28N8O6S2. The van der Waals surface area contributed by atoms with Gasteiger partial charge in [0.05, 0.1) is 13.1 Å². The predicted molar refractivity (Wildman–Crippen MR) is 148 cm³/mol. The minimum absolute atomic E-state index is 0.246. The number of aryl methyl sites for hydroxylation is 4. The Labute approximate surface area is 229 Å². The molecule has 14 nitrogen and oxygen atoms in total. The van der Waals surface area contributed by atoms with Crippen LogP contribution in [0.5, 0.6) is 0 Å². The van der Waals surface area contributed by atoms with Crippen LogP contribution in [0, 0.1) is 0 Å². The Kier molecular flexibility index (Phi) is 7.88. The van der Waals surface area contributed by atoms with E-state index in [1.807, 2.05) is 0 Å². The molecule has 0 saturated heterocycles. The summed E-state index contributed by atoms with van der Waals surface area (Å²) in [5.74, 6) is 0.695. The number of Topliss-reactive ketones (excluding diaryl/α,β-unsaturated/α-hetero) is 2. The topological polar surface area (TPSA) is 158 Å². The normalized spacial score (nSPS) is 11.6. The van der Waals surface area contributed by atoms with E-state index in [-0.39, 0.29) is 47.0 Å². The van der Waals surface area contributed by atoms with E-state index < -0.39 is 22.5 Å². The highest BCUT2D eigenvalue weighted by Gasteiger charge is 2.21. The number of fused-ring (bicyclic) bond motifs is 2. The Balaban J connectivity index is 1.50. The highest BCUT2D eigenvalue weighted by molar-refractivity contribution is 8.00. The number of carbonyl (C=O) groups is 2. The van der Waals surface area contributed by atoms with Gasteiger partial charge in [0.25, 0.3) is 11.1 Å². The van der Waals surface area contributed by atoms with E-state index in [2.05, 4.69) is 9.97 Å². The van der Waals surface area contributed by atoms with E-state index in [0.717, 1.165) is 15.6 Å². The summed E-state index contributed by atoms with van der Waals surface area (Å²) in [5.41, 5.74) is -1.30. The van der Waals surface area contributed by atoms with Crippen molar-refractivity contribution in [2.75, 3.05) is 11.5 Å². The number of aromatic nitrogens is 8. The molecule has 0 aliphatic heterocycles. The maximum Gasteiger partial charge on any atom is 0.332 e. The number of imidazole rings is 2. The molecule has 0 spiro atoms. The number of hydrogen-bond acceptors (Lipinski definition) is 10. The first-order valence-electron chi connectivity index (χ1n) is 11.9. The molecule has 4 aromatic rings. The zero-order chi connectivity index (χ0) is 28.8. The number of hydrogen-bond donors (Lipinski definition) is 0. The average Bonchev–Trinajstić information content (AvgIpc) is 3.38. The number of thioether (sulfide) groups is 2. The fourth-order valence-corrected chi connectivity index (χ4v) is 6.21. The van der Waals surface area contributed by atoms with Crippen LogP contribution in [0.4, 0.5) is 0 Å². The number of carbonyl (C=O) groups excluding carboxylic acids is 2. The first-order valence-corrected chi connectivity index (χ1v) is 13.9. The Bertz CT molecular complexity index is 1750. The van der Waals surface area contributed by atoms with Gasteiger partial charge in [0.1, 0.15) is 11.6 Å². The summed E-state index contributed by atoms with van der Waals surface area (Å²) in [7, 11) is 6.42. The van der Waals surface area contributed by atoms with Crippen molar-refractivity contribution < 1.29 is 9.59 Å². The summed E-state index contributed by atoms with van der Waals surface area (Å²) < 4.78 is 7.62. The average molecular weight is 577 g/mol. The second kappa shape index (κ2) is 10.8. The summed E-state index contributed by atoms with van der Waals surface area (Å²) in [5, 5.41) is 1.12. The molecule has 4 aromatic heterocycles. The predicted octanol–water partition coefficient (Wildman–Crippen LogP) is -0.367. The van der Waals surface area contributed by atoms with Crippen molar-refractivity contribution in [3.8, 4) is 0 Å². The van der Waals surface area contributed by atoms with Gasteiger partial charge < -0.3 is 9.13 Å². The van der Waals surface area contributed by atoms with Crippen molar-refractivity contribution >= 4 is 57.4 Å². The lowest BCUT2D eigenvalue weighted by Crippen LogP contribution is -2.40. The van der Waals surface area contributed by atoms with Crippen LogP contribution in [0.2, 0.25) is 0 Å². The number of ketones is 2. The van der Waals surface area contributed by atoms with Crippen LogP contribution in [0.3, 0.4) is 0 Å². The van der Waals surface area contributed by atoms with Crippen molar-refractivity contribution in [3.63, 3.8) is 0 Å². The molecule has 4 heterocycles. The van der Waals surface area contributed by atoms with Gasteiger partial charge in [0.2, 0.25) is 0 Å². The van der Waals surface area contributed by atoms with E-state index in [1.165, 1.54) is 60.6 Å².